The Morgan fingerprint density at radius 1 is 1.40 bits per heavy atom. The summed E-state index contributed by atoms with van der Waals surface area (Å²) in [6.45, 7) is 3.46. The molecule has 0 aliphatic rings. The molecule has 2 aromatic rings. The normalized spacial score (nSPS) is 13.9. The molecule has 0 amide bonds. The first-order chi connectivity index (χ1) is 9.54. The van der Waals surface area contributed by atoms with Gasteiger partial charge in [0, 0.05) is 0 Å². The van der Waals surface area contributed by atoms with Crippen molar-refractivity contribution < 1.29 is 14.3 Å². The van der Waals surface area contributed by atoms with Crippen molar-refractivity contribution in [2.24, 2.45) is 0 Å². The van der Waals surface area contributed by atoms with Gasteiger partial charge in [0.25, 0.3) is 5.78 Å². The van der Waals surface area contributed by atoms with E-state index in [4.69, 9.17) is 4.74 Å². The number of nitrogens with zero attached hydrogens (tertiary/aromatic N) is 3. The summed E-state index contributed by atoms with van der Waals surface area (Å²) in [6, 6.07) is 7.28. The third kappa shape index (κ3) is 2.29. The molecule has 1 aromatic carbocycles. The molecule has 1 atom stereocenters. The van der Waals surface area contributed by atoms with Crippen LogP contribution in [0, 0.1) is 0 Å². The molecule has 0 bridgehead atoms. The van der Waals surface area contributed by atoms with Crippen LogP contribution in [0.25, 0.3) is 11.0 Å². The van der Waals surface area contributed by atoms with Crippen LogP contribution in [0.5, 0.6) is 0 Å². The van der Waals surface area contributed by atoms with Gasteiger partial charge < -0.3 is 4.74 Å². The highest BCUT2D eigenvalue weighted by Crippen LogP contribution is 2.32. The number of benzene rings is 1. The van der Waals surface area contributed by atoms with E-state index in [-0.39, 0.29) is 6.61 Å². The van der Waals surface area contributed by atoms with Crippen LogP contribution < -0.4 is 0 Å². The molecular weight excluding hydrogens is 278 g/mol. The number of para-hydroxylation sites is 1. The summed E-state index contributed by atoms with van der Waals surface area (Å²) in [6.07, 6.45) is 1.74. The maximum absolute atomic E-state index is 12.3. The third-order valence-corrected chi connectivity index (χ3v) is 4.19. The third-order valence-electron chi connectivity index (χ3n) is 3.04. The average molecular weight is 293 g/mol. The lowest BCUT2D eigenvalue weighted by atomic mass is 10.2. The molecule has 1 aromatic heterocycles. The summed E-state index contributed by atoms with van der Waals surface area (Å²) in [7, 11) is 0. The van der Waals surface area contributed by atoms with E-state index in [0.717, 1.165) is 0 Å². The molecule has 0 aliphatic heterocycles. The molecule has 7 heteroatoms. The van der Waals surface area contributed by atoms with Crippen LogP contribution >= 0.6 is 11.8 Å². The Balaban J connectivity index is 2.50. The Morgan fingerprint density at radius 3 is 2.75 bits per heavy atom. The van der Waals surface area contributed by atoms with Gasteiger partial charge in [0.2, 0.25) is 0 Å². The van der Waals surface area contributed by atoms with Crippen molar-refractivity contribution in [3.05, 3.63) is 24.3 Å². The topological polar surface area (TPSA) is 74.1 Å². The molecular formula is C13H15N3O3S. The fourth-order valence-corrected chi connectivity index (χ4v) is 2.42. The Labute approximate surface area is 120 Å². The molecule has 0 fully saturated rings. The Kier molecular flexibility index (Phi) is 4.08. The number of carbonyl (C=O) groups is 2. The fourth-order valence-electron chi connectivity index (χ4n) is 1.85. The molecule has 0 saturated carbocycles. The first-order valence-electron chi connectivity index (χ1n) is 6.12. The lowest BCUT2D eigenvalue weighted by Crippen LogP contribution is -2.41. The molecule has 0 radical (unpaired) electrons. The van der Waals surface area contributed by atoms with Gasteiger partial charge in [-0.1, -0.05) is 17.3 Å². The van der Waals surface area contributed by atoms with Crippen LogP contribution in [0.15, 0.2) is 24.3 Å². The standard InChI is InChI=1S/C13H15N3O3S/c1-4-19-12(18)11(17)13(2,20-3)16-10-8-6-5-7-9(10)14-15-16/h5-8H,4H2,1-3H3. The van der Waals surface area contributed by atoms with E-state index in [1.54, 1.807) is 26.2 Å². The second kappa shape index (κ2) is 5.62. The minimum Gasteiger partial charge on any atom is -0.460 e. The Hall–Kier alpha value is -1.89. The number of ether oxygens (including phenoxy) is 1. The molecule has 20 heavy (non-hydrogen) atoms. The lowest BCUT2D eigenvalue weighted by molar-refractivity contribution is -0.155. The van der Waals surface area contributed by atoms with Crippen LogP contribution in [-0.2, 0) is 19.2 Å². The maximum atomic E-state index is 12.3. The van der Waals surface area contributed by atoms with E-state index in [1.165, 1.54) is 16.4 Å². The number of thioether (sulfide) groups is 1. The SMILES string of the molecule is CCOC(=O)C(=O)C(C)(SC)n1nnc2ccccc21. The van der Waals surface area contributed by atoms with E-state index in [9.17, 15) is 9.59 Å². The van der Waals surface area contributed by atoms with Crippen molar-refractivity contribution in [3.63, 3.8) is 0 Å². The number of hydrogen-bond donors (Lipinski definition) is 0. The van der Waals surface area contributed by atoms with Crippen molar-refractivity contribution in [2.45, 2.75) is 18.7 Å². The number of hydrogen-bond acceptors (Lipinski definition) is 6. The summed E-state index contributed by atoms with van der Waals surface area (Å²) >= 11 is 1.22. The molecule has 0 N–H and O–H groups in total. The van der Waals surface area contributed by atoms with E-state index in [2.05, 4.69) is 10.3 Å². The molecule has 0 saturated heterocycles. The Morgan fingerprint density at radius 2 is 2.10 bits per heavy atom. The monoisotopic (exact) mass is 293 g/mol. The van der Waals surface area contributed by atoms with Crippen LogP contribution in [0.3, 0.4) is 0 Å². The first-order valence-corrected chi connectivity index (χ1v) is 7.34. The smallest absolute Gasteiger partial charge is 0.378 e. The van der Waals surface area contributed by atoms with E-state index in [1.807, 2.05) is 18.2 Å². The maximum Gasteiger partial charge on any atom is 0.378 e. The molecule has 0 spiro atoms. The van der Waals surface area contributed by atoms with Gasteiger partial charge in [0.05, 0.1) is 12.1 Å². The number of fused-ring (bicyclic) bond motifs is 1. The molecule has 106 valence electrons. The van der Waals surface area contributed by atoms with Crippen molar-refractivity contribution >= 4 is 34.5 Å². The highest BCUT2D eigenvalue weighted by Gasteiger charge is 2.42. The van der Waals surface area contributed by atoms with Crippen molar-refractivity contribution in [1.82, 2.24) is 15.0 Å². The Bertz CT molecular complexity index is 655. The molecule has 2 rings (SSSR count). The molecule has 6 nitrogen and oxygen atoms in total. The summed E-state index contributed by atoms with van der Waals surface area (Å²) in [5.41, 5.74) is 1.37. The number of aromatic nitrogens is 3. The second-order valence-electron chi connectivity index (χ2n) is 4.23. The number of rotatable bonds is 5. The van der Waals surface area contributed by atoms with Gasteiger partial charge >= 0.3 is 5.97 Å². The van der Waals surface area contributed by atoms with Crippen molar-refractivity contribution in [1.29, 1.82) is 0 Å². The number of Topliss-reactive ketones (excluding diaryl/α,β-unsaturated/α-hetero) is 1. The van der Waals surface area contributed by atoms with E-state index >= 15 is 0 Å². The van der Waals surface area contributed by atoms with Crippen LogP contribution in [0.2, 0.25) is 0 Å². The van der Waals surface area contributed by atoms with Crippen molar-refractivity contribution in [3.8, 4) is 0 Å². The van der Waals surface area contributed by atoms with Gasteiger partial charge in [-0.3, -0.25) is 4.79 Å². The molecule has 1 unspecified atom stereocenters. The van der Waals surface area contributed by atoms with Gasteiger partial charge in [-0.05, 0) is 32.2 Å². The fraction of sp³-hybridized carbons (Fsp3) is 0.385. The largest absolute Gasteiger partial charge is 0.460 e. The predicted octanol–water partition coefficient (Wildman–Crippen LogP) is 1.60. The van der Waals surface area contributed by atoms with Crippen LogP contribution in [-0.4, -0.2) is 39.6 Å². The zero-order valence-corrected chi connectivity index (χ0v) is 12.3. The zero-order chi connectivity index (χ0) is 14.8. The average Bonchev–Trinajstić information content (AvgIpc) is 2.90. The lowest BCUT2D eigenvalue weighted by Gasteiger charge is -2.25. The quantitative estimate of drug-likeness (QED) is 0.616. The number of carbonyl (C=O) groups excluding carboxylic acids is 2. The van der Waals surface area contributed by atoms with Gasteiger partial charge in [-0.15, -0.1) is 16.9 Å². The van der Waals surface area contributed by atoms with Crippen molar-refractivity contribution in [2.75, 3.05) is 12.9 Å². The minimum absolute atomic E-state index is 0.160. The summed E-state index contributed by atoms with van der Waals surface area (Å²) < 4.78 is 6.26. The van der Waals surface area contributed by atoms with E-state index in [0.29, 0.717) is 11.0 Å². The zero-order valence-electron chi connectivity index (χ0n) is 11.5. The summed E-state index contributed by atoms with van der Waals surface area (Å²) in [5.74, 6) is -1.51. The van der Waals surface area contributed by atoms with Crippen LogP contribution in [0.4, 0.5) is 0 Å². The number of esters is 1. The van der Waals surface area contributed by atoms with Gasteiger partial charge in [-0.2, -0.15) is 0 Å². The molecule has 0 aliphatic carbocycles. The first kappa shape index (κ1) is 14.5. The molecule has 1 heterocycles. The predicted molar refractivity (Wildman–Crippen MR) is 76.3 cm³/mol. The number of ketones is 1. The highest BCUT2D eigenvalue weighted by molar-refractivity contribution is 8.00. The van der Waals surface area contributed by atoms with Crippen LogP contribution in [0.1, 0.15) is 13.8 Å². The highest BCUT2D eigenvalue weighted by atomic mass is 32.2. The summed E-state index contributed by atoms with van der Waals surface area (Å²) in [5, 5.41) is 8.03. The second-order valence-corrected chi connectivity index (χ2v) is 5.43. The van der Waals surface area contributed by atoms with Gasteiger partial charge in [0.15, 0.2) is 4.87 Å². The van der Waals surface area contributed by atoms with Gasteiger partial charge in [-0.25, -0.2) is 9.48 Å². The van der Waals surface area contributed by atoms with Gasteiger partial charge in [0.1, 0.15) is 5.52 Å². The van der Waals surface area contributed by atoms with E-state index < -0.39 is 16.6 Å². The minimum atomic E-state index is -1.18. The summed E-state index contributed by atoms with van der Waals surface area (Å²) in [4.78, 5) is 22.9.